The van der Waals surface area contributed by atoms with Crippen molar-refractivity contribution in [2.24, 2.45) is 20.5 Å². The average molecular weight is 623 g/mol. The molecule has 5 aromatic rings. The van der Waals surface area contributed by atoms with Crippen LogP contribution in [0.1, 0.15) is 0 Å². The number of fused-ring (bicyclic) bond motifs is 2. The van der Waals surface area contributed by atoms with E-state index in [-0.39, 0.29) is 97.5 Å². The first kappa shape index (κ1) is 33.7. The van der Waals surface area contributed by atoms with Gasteiger partial charge in [0.15, 0.2) is 0 Å². The van der Waals surface area contributed by atoms with E-state index < -0.39 is 36.6 Å². The van der Waals surface area contributed by atoms with Gasteiger partial charge in [0, 0.05) is 21.5 Å². The minimum absolute atomic E-state index is 0. The van der Waals surface area contributed by atoms with E-state index in [1.54, 1.807) is 36.4 Å². The van der Waals surface area contributed by atoms with E-state index in [1.165, 1.54) is 24.3 Å². The van der Waals surface area contributed by atoms with Crippen molar-refractivity contribution in [3.8, 4) is 11.5 Å². The molecule has 0 aromatic heterocycles. The molecule has 12 nitrogen and oxygen atoms in total. The number of rotatable bonds is 6. The molecule has 42 heavy (non-hydrogen) atoms. The molecular formula is C26H16N4Na2O8S2. The van der Waals surface area contributed by atoms with E-state index in [1.807, 2.05) is 0 Å². The number of phenolic OH excluding ortho intramolecular Hbond substituents is 1. The summed E-state index contributed by atoms with van der Waals surface area (Å²) in [5.74, 6) is -1.19. The molecule has 0 unspecified atom stereocenters. The predicted molar refractivity (Wildman–Crippen MR) is 142 cm³/mol. The molecule has 0 aliphatic carbocycles. The van der Waals surface area contributed by atoms with E-state index in [0.717, 1.165) is 24.3 Å². The number of benzene rings is 5. The minimum atomic E-state index is -4.75. The average Bonchev–Trinajstić information content (AvgIpc) is 2.90. The third-order valence-electron chi connectivity index (χ3n) is 5.86. The zero-order chi connectivity index (χ0) is 28.7. The second-order valence-electron chi connectivity index (χ2n) is 8.39. The first-order valence-electron chi connectivity index (χ1n) is 11.3. The number of hydrogen-bond donors (Lipinski definition) is 2. The fraction of sp³-hybridized carbons (Fsp3) is 0. The molecule has 0 fully saturated rings. The number of azo groups is 2. The first-order chi connectivity index (χ1) is 18.9. The molecule has 0 radical (unpaired) electrons. The summed E-state index contributed by atoms with van der Waals surface area (Å²) >= 11 is 0. The van der Waals surface area contributed by atoms with Gasteiger partial charge in [0.2, 0.25) is 0 Å². The van der Waals surface area contributed by atoms with Crippen molar-refractivity contribution < 1.29 is 95.3 Å². The maximum absolute atomic E-state index is 12.5. The molecule has 0 bridgehead atoms. The maximum Gasteiger partial charge on any atom is 1.00 e. The Morgan fingerprint density at radius 1 is 0.571 bits per heavy atom. The molecule has 0 atom stereocenters. The summed E-state index contributed by atoms with van der Waals surface area (Å²) in [6.45, 7) is 0. The van der Waals surface area contributed by atoms with Crippen LogP contribution in [0.2, 0.25) is 0 Å². The molecule has 0 saturated heterocycles. The van der Waals surface area contributed by atoms with Crippen LogP contribution >= 0.6 is 0 Å². The number of hydrogen-bond acceptors (Lipinski definition) is 11. The Balaban J connectivity index is 0.00000242. The molecule has 0 saturated carbocycles. The summed E-state index contributed by atoms with van der Waals surface area (Å²) in [7, 11) is -9.25. The monoisotopic (exact) mass is 622 g/mol. The summed E-state index contributed by atoms with van der Waals surface area (Å²) in [6.07, 6.45) is 0. The van der Waals surface area contributed by atoms with Crippen molar-refractivity contribution in [2.75, 3.05) is 0 Å². The van der Waals surface area contributed by atoms with Crippen molar-refractivity contribution >= 4 is 64.5 Å². The van der Waals surface area contributed by atoms with Crippen LogP contribution in [-0.4, -0.2) is 31.0 Å². The van der Waals surface area contributed by atoms with Crippen LogP contribution in [0.25, 0.3) is 21.5 Å². The van der Waals surface area contributed by atoms with E-state index in [0.29, 0.717) is 10.8 Å². The molecule has 16 heteroatoms. The molecule has 2 N–H and O–H groups in total. The van der Waals surface area contributed by atoms with Crippen LogP contribution in [0.5, 0.6) is 11.5 Å². The maximum atomic E-state index is 12.5. The normalized spacial score (nSPS) is 12.0. The van der Waals surface area contributed by atoms with E-state index in [4.69, 9.17) is 0 Å². The molecule has 0 amide bonds. The Morgan fingerprint density at radius 2 is 1.00 bits per heavy atom. The van der Waals surface area contributed by atoms with Gasteiger partial charge >= 0.3 is 59.1 Å². The Morgan fingerprint density at radius 3 is 1.50 bits per heavy atom. The van der Waals surface area contributed by atoms with Crippen LogP contribution in [0.4, 0.5) is 22.7 Å². The molecule has 5 aromatic carbocycles. The molecule has 0 aliphatic rings. The van der Waals surface area contributed by atoms with Gasteiger partial charge in [-0.1, -0.05) is 54.3 Å². The second kappa shape index (κ2) is 13.3. The van der Waals surface area contributed by atoms with E-state index >= 15 is 0 Å². The quantitative estimate of drug-likeness (QED) is 0.147. The topological polar surface area (TPSA) is 204 Å². The summed E-state index contributed by atoms with van der Waals surface area (Å²) in [4.78, 5) is -0.729. The van der Waals surface area contributed by atoms with Crippen molar-refractivity contribution in [2.45, 2.75) is 9.79 Å². The van der Waals surface area contributed by atoms with Crippen LogP contribution in [-0.2, 0) is 20.2 Å². The molecule has 0 aliphatic heterocycles. The molecule has 202 valence electrons. The summed E-state index contributed by atoms with van der Waals surface area (Å²) < 4.78 is 67.8. The van der Waals surface area contributed by atoms with Crippen molar-refractivity contribution in [1.82, 2.24) is 0 Å². The fourth-order valence-electron chi connectivity index (χ4n) is 4.05. The van der Waals surface area contributed by atoms with Gasteiger partial charge in [0.05, 0.1) is 22.0 Å². The SMILES string of the molecule is O=S(=O)([O-])c1ccc(N=Nc2cc(N=Nc3ccc(S(=O)(=O)O)c4ccccc34)c([O-])cc2O)c2ccccc12.[Na+].[Na+]. The second-order valence-corrected chi connectivity index (χ2v) is 11.1. The Hall–Kier alpha value is -2.76. The summed E-state index contributed by atoms with van der Waals surface area (Å²) in [6, 6.07) is 19.3. The zero-order valence-electron chi connectivity index (χ0n) is 22.0. The summed E-state index contributed by atoms with van der Waals surface area (Å²) in [5, 5.41) is 39.8. The van der Waals surface area contributed by atoms with Gasteiger partial charge in [-0.2, -0.15) is 13.5 Å². The Labute approximate surface area is 283 Å². The zero-order valence-corrected chi connectivity index (χ0v) is 27.7. The number of phenols is 1. The smallest absolute Gasteiger partial charge is 0.871 e. The van der Waals surface area contributed by atoms with Crippen molar-refractivity contribution in [1.29, 1.82) is 0 Å². The largest absolute Gasteiger partial charge is 1.00 e. The Kier molecular flexibility index (Phi) is 10.7. The summed E-state index contributed by atoms with van der Waals surface area (Å²) in [5.41, 5.74) is 0.0396. The van der Waals surface area contributed by atoms with Gasteiger partial charge in [-0.25, -0.2) is 8.42 Å². The standard InChI is InChI=1S/C26H18N4O8S2.2Na/c31-23-14-24(32)22(30-28-20-10-12-26(40(36,37)38)18-8-4-2-6-16(18)20)13-21(23)29-27-19-9-11-25(39(33,34)35)17-7-3-1-5-15(17)19;;/h1-14,31-32H,(H,33,34,35)(H,36,37,38);;/q;2*+1/p-2. The van der Waals surface area contributed by atoms with Gasteiger partial charge < -0.3 is 14.8 Å². The molecule has 0 spiro atoms. The minimum Gasteiger partial charge on any atom is -0.871 e. The van der Waals surface area contributed by atoms with Crippen LogP contribution < -0.4 is 64.2 Å². The molecular weight excluding hydrogens is 606 g/mol. The molecule has 0 heterocycles. The van der Waals surface area contributed by atoms with Crippen LogP contribution in [0, 0.1) is 0 Å². The van der Waals surface area contributed by atoms with Gasteiger partial charge in [0.25, 0.3) is 10.1 Å². The van der Waals surface area contributed by atoms with Gasteiger partial charge in [-0.05, 0) is 36.4 Å². The predicted octanol–water partition coefficient (Wildman–Crippen LogP) is -0.238. The first-order valence-corrected chi connectivity index (χ1v) is 14.1. The number of nitrogens with zero attached hydrogens (tertiary/aromatic N) is 4. The van der Waals surface area contributed by atoms with Crippen molar-refractivity contribution in [3.05, 3.63) is 84.9 Å². The van der Waals surface area contributed by atoms with Crippen molar-refractivity contribution in [3.63, 3.8) is 0 Å². The third kappa shape index (κ3) is 7.06. The van der Waals surface area contributed by atoms with Crippen LogP contribution in [0.3, 0.4) is 0 Å². The van der Waals surface area contributed by atoms with Crippen LogP contribution in [0.15, 0.2) is 115 Å². The van der Waals surface area contributed by atoms with E-state index in [2.05, 4.69) is 20.5 Å². The fourth-order valence-corrected chi connectivity index (χ4v) is 5.43. The third-order valence-corrected chi connectivity index (χ3v) is 7.66. The van der Waals surface area contributed by atoms with E-state index in [9.17, 15) is 36.2 Å². The number of aromatic hydroxyl groups is 1. The van der Waals surface area contributed by atoms with Gasteiger partial charge in [0.1, 0.15) is 26.5 Å². The van der Waals surface area contributed by atoms with Gasteiger partial charge in [-0.15, -0.1) is 15.3 Å². The van der Waals surface area contributed by atoms with Gasteiger partial charge in [-0.3, -0.25) is 4.55 Å². The Bertz CT molecular complexity index is 1960. The molecule has 5 rings (SSSR count).